The number of benzene rings is 2. The predicted molar refractivity (Wildman–Crippen MR) is 106 cm³/mol. The first-order valence-electron chi connectivity index (χ1n) is 9.30. The van der Waals surface area contributed by atoms with E-state index in [0.29, 0.717) is 13.1 Å². The molecule has 2 aromatic carbocycles. The first-order valence-corrected chi connectivity index (χ1v) is 10.7. The molecular weight excluding hydrogens is 417 g/mol. The Bertz CT molecular complexity index is 995. The summed E-state index contributed by atoms with van der Waals surface area (Å²) < 4.78 is 45.8. The van der Waals surface area contributed by atoms with Gasteiger partial charge in [0.2, 0.25) is 10.0 Å². The molecule has 0 aliphatic carbocycles. The second kappa shape index (κ2) is 9.47. The Morgan fingerprint density at radius 3 is 2.50 bits per heavy atom. The summed E-state index contributed by atoms with van der Waals surface area (Å²) in [6, 6.07) is 10.9. The molecule has 1 saturated heterocycles. The Balaban J connectivity index is 1.49. The molecule has 9 nitrogen and oxygen atoms in total. The number of piperazine rings is 1. The van der Waals surface area contributed by atoms with E-state index in [1.165, 1.54) is 40.7 Å². The monoisotopic (exact) mass is 439 g/mol. The van der Waals surface area contributed by atoms with Gasteiger partial charge in [-0.1, -0.05) is 18.2 Å². The smallest absolute Gasteiger partial charge is 0.273 e. The number of nitro benzene ring substituents is 1. The molecular formula is C19H22FN3O6S. The van der Waals surface area contributed by atoms with Crippen LogP contribution in [-0.4, -0.2) is 73.1 Å². The van der Waals surface area contributed by atoms with Gasteiger partial charge in [0.1, 0.15) is 29.2 Å². The van der Waals surface area contributed by atoms with Crippen LogP contribution in [0.5, 0.6) is 5.75 Å². The van der Waals surface area contributed by atoms with Crippen LogP contribution < -0.4 is 4.74 Å². The molecule has 1 N–H and O–H groups in total. The van der Waals surface area contributed by atoms with Crippen molar-refractivity contribution in [3.05, 3.63) is 64.5 Å². The van der Waals surface area contributed by atoms with Crippen molar-refractivity contribution in [2.24, 2.45) is 0 Å². The van der Waals surface area contributed by atoms with Crippen molar-refractivity contribution in [2.45, 2.75) is 11.0 Å². The second-order valence-corrected chi connectivity index (χ2v) is 8.76. The van der Waals surface area contributed by atoms with Gasteiger partial charge in [-0.25, -0.2) is 12.8 Å². The zero-order chi connectivity index (χ0) is 21.7. The summed E-state index contributed by atoms with van der Waals surface area (Å²) in [5.74, 6) is -0.502. The van der Waals surface area contributed by atoms with Gasteiger partial charge in [-0.05, 0) is 18.2 Å². The Labute approximate surface area is 173 Å². The number of nitrogens with zero attached hydrogens (tertiary/aromatic N) is 3. The molecule has 0 saturated carbocycles. The van der Waals surface area contributed by atoms with E-state index >= 15 is 0 Å². The van der Waals surface area contributed by atoms with Crippen LogP contribution in [0.25, 0.3) is 0 Å². The maximum absolute atomic E-state index is 13.9. The quantitative estimate of drug-likeness (QED) is 0.490. The van der Waals surface area contributed by atoms with Gasteiger partial charge in [0.25, 0.3) is 5.69 Å². The number of nitro groups is 1. The van der Waals surface area contributed by atoms with Crippen LogP contribution in [0.15, 0.2) is 53.4 Å². The minimum Gasteiger partial charge on any atom is -0.491 e. The maximum Gasteiger partial charge on any atom is 0.273 e. The molecule has 1 aliphatic rings. The largest absolute Gasteiger partial charge is 0.491 e. The number of aliphatic hydroxyl groups excluding tert-OH is 1. The van der Waals surface area contributed by atoms with Crippen molar-refractivity contribution in [3.8, 4) is 5.75 Å². The topological polar surface area (TPSA) is 113 Å². The Hall–Kier alpha value is -2.60. The summed E-state index contributed by atoms with van der Waals surface area (Å²) in [7, 11) is -3.91. The fourth-order valence-electron chi connectivity index (χ4n) is 3.18. The van der Waals surface area contributed by atoms with E-state index in [0.717, 1.165) is 6.07 Å². The summed E-state index contributed by atoms with van der Waals surface area (Å²) >= 11 is 0. The fourth-order valence-corrected chi connectivity index (χ4v) is 4.66. The molecule has 162 valence electrons. The molecule has 0 spiro atoms. The molecule has 11 heteroatoms. The van der Waals surface area contributed by atoms with Crippen LogP contribution >= 0.6 is 0 Å². The number of ether oxygens (including phenoxy) is 1. The van der Waals surface area contributed by atoms with E-state index in [4.69, 9.17) is 4.74 Å². The van der Waals surface area contributed by atoms with E-state index in [9.17, 15) is 28.0 Å². The van der Waals surface area contributed by atoms with Crippen molar-refractivity contribution >= 4 is 15.7 Å². The highest BCUT2D eigenvalue weighted by atomic mass is 32.2. The lowest BCUT2D eigenvalue weighted by Gasteiger charge is -2.34. The number of sulfonamides is 1. The third kappa shape index (κ3) is 5.30. The molecule has 2 aromatic rings. The Morgan fingerprint density at radius 1 is 1.13 bits per heavy atom. The molecule has 0 bridgehead atoms. The van der Waals surface area contributed by atoms with Gasteiger partial charge in [0.15, 0.2) is 0 Å². The molecule has 0 aromatic heterocycles. The first-order chi connectivity index (χ1) is 14.3. The summed E-state index contributed by atoms with van der Waals surface area (Å²) in [4.78, 5) is 11.8. The number of halogens is 1. The predicted octanol–water partition coefficient (Wildman–Crippen LogP) is 1.48. The number of aliphatic hydroxyl groups is 1. The fraction of sp³-hybridized carbons (Fsp3) is 0.368. The molecule has 1 heterocycles. The minimum atomic E-state index is -3.91. The molecule has 1 atom stereocenters. The van der Waals surface area contributed by atoms with Crippen LogP contribution in [0.1, 0.15) is 0 Å². The molecule has 1 fully saturated rings. The van der Waals surface area contributed by atoms with E-state index in [-0.39, 0.29) is 42.6 Å². The standard InChI is InChI=1S/C19H22FN3O6S/c20-18-6-1-2-7-19(18)30(27,28)22-10-8-21(9-11-22)13-16(24)14-29-17-5-3-4-15(12-17)23(25)26/h1-7,12,16,24H,8-11,13-14H2. The van der Waals surface area contributed by atoms with Crippen LogP contribution in [0.4, 0.5) is 10.1 Å². The van der Waals surface area contributed by atoms with Crippen LogP contribution in [0.3, 0.4) is 0 Å². The van der Waals surface area contributed by atoms with Gasteiger partial charge in [0, 0.05) is 38.8 Å². The number of rotatable bonds is 8. The van der Waals surface area contributed by atoms with E-state index in [2.05, 4.69) is 0 Å². The highest BCUT2D eigenvalue weighted by molar-refractivity contribution is 7.89. The van der Waals surface area contributed by atoms with Crippen molar-refractivity contribution in [3.63, 3.8) is 0 Å². The first kappa shape index (κ1) is 22.1. The second-order valence-electron chi connectivity index (χ2n) is 6.85. The van der Waals surface area contributed by atoms with Gasteiger partial charge in [0.05, 0.1) is 11.0 Å². The van der Waals surface area contributed by atoms with Crippen molar-refractivity contribution < 1.29 is 27.6 Å². The number of hydrogen-bond acceptors (Lipinski definition) is 7. The average molecular weight is 439 g/mol. The third-order valence-corrected chi connectivity index (χ3v) is 6.66. The van der Waals surface area contributed by atoms with Gasteiger partial charge in [-0.3, -0.25) is 15.0 Å². The molecule has 3 rings (SSSR count). The maximum atomic E-state index is 13.9. The Morgan fingerprint density at radius 2 is 1.83 bits per heavy atom. The minimum absolute atomic E-state index is 0.0606. The van der Waals surface area contributed by atoms with Crippen molar-refractivity contribution in [1.82, 2.24) is 9.21 Å². The summed E-state index contributed by atoms with van der Waals surface area (Å²) in [6.45, 7) is 1.30. The third-order valence-electron chi connectivity index (χ3n) is 4.73. The summed E-state index contributed by atoms with van der Waals surface area (Å²) in [5.41, 5.74) is -0.103. The van der Waals surface area contributed by atoms with Crippen LogP contribution in [-0.2, 0) is 10.0 Å². The molecule has 0 radical (unpaired) electrons. The van der Waals surface area contributed by atoms with E-state index in [1.807, 2.05) is 4.90 Å². The van der Waals surface area contributed by atoms with Gasteiger partial charge in [-0.15, -0.1) is 0 Å². The zero-order valence-electron chi connectivity index (χ0n) is 16.1. The SMILES string of the molecule is O=[N+]([O-])c1cccc(OCC(O)CN2CCN(S(=O)(=O)c3ccccc3F)CC2)c1. The van der Waals surface area contributed by atoms with Gasteiger partial charge < -0.3 is 9.84 Å². The zero-order valence-corrected chi connectivity index (χ0v) is 16.9. The summed E-state index contributed by atoms with van der Waals surface area (Å²) in [5, 5.41) is 21.0. The van der Waals surface area contributed by atoms with Gasteiger partial charge in [-0.2, -0.15) is 4.31 Å². The van der Waals surface area contributed by atoms with Crippen molar-refractivity contribution in [1.29, 1.82) is 0 Å². The van der Waals surface area contributed by atoms with Crippen LogP contribution in [0, 0.1) is 15.9 Å². The lowest BCUT2D eigenvalue weighted by Crippen LogP contribution is -2.50. The van der Waals surface area contributed by atoms with E-state index < -0.39 is 26.9 Å². The number of non-ortho nitro benzene ring substituents is 1. The van der Waals surface area contributed by atoms with Crippen LogP contribution in [0.2, 0.25) is 0 Å². The van der Waals surface area contributed by atoms with Crippen molar-refractivity contribution in [2.75, 3.05) is 39.3 Å². The van der Waals surface area contributed by atoms with E-state index in [1.54, 1.807) is 6.07 Å². The van der Waals surface area contributed by atoms with Gasteiger partial charge >= 0.3 is 0 Å². The summed E-state index contributed by atoms with van der Waals surface area (Å²) in [6.07, 6.45) is -0.862. The molecule has 30 heavy (non-hydrogen) atoms. The highest BCUT2D eigenvalue weighted by Crippen LogP contribution is 2.21. The lowest BCUT2D eigenvalue weighted by atomic mass is 10.3. The Kier molecular flexibility index (Phi) is 6.98. The molecule has 1 unspecified atom stereocenters. The highest BCUT2D eigenvalue weighted by Gasteiger charge is 2.30. The molecule has 0 amide bonds. The number of hydrogen-bond donors (Lipinski definition) is 1. The normalized spacial score (nSPS) is 16.9. The number of β-amino-alcohol motifs (C(OH)–C–C–N with tert-alkyl or cyclic N) is 1. The molecule has 1 aliphatic heterocycles. The average Bonchev–Trinajstić information content (AvgIpc) is 2.73. The lowest BCUT2D eigenvalue weighted by molar-refractivity contribution is -0.384.